The molecule has 0 aliphatic heterocycles. The van der Waals surface area contributed by atoms with Crippen molar-refractivity contribution in [2.75, 3.05) is 0 Å². The zero-order valence-electron chi connectivity index (χ0n) is 20.0. The standard InChI is InChI=1S/C29H42O2/c1-4-6-8-10-11-12-14-24(3)31-29(30)28-22-20-27(21-23-28)26-18-16-25(17-19-26)15-13-9-7-5-2/h16-24H,4-15H2,1-3H3. The summed E-state index contributed by atoms with van der Waals surface area (Å²) in [5.41, 5.74) is 4.35. The minimum Gasteiger partial charge on any atom is -0.459 e. The molecule has 170 valence electrons. The number of ether oxygens (including phenoxy) is 1. The van der Waals surface area contributed by atoms with Crippen LogP contribution in [0.3, 0.4) is 0 Å². The molecular weight excluding hydrogens is 380 g/mol. The molecule has 2 aromatic rings. The molecule has 1 atom stereocenters. The third-order valence-electron chi connectivity index (χ3n) is 6.00. The van der Waals surface area contributed by atoms with Crippen LogP contribution in [0.1, 0.15) is 107 Å². The number of carbonyl (C=O) groups excluding carboxylic acids is 1. The van der Waals surface area contributed by atoms with E-state index in [1.807, 2.05) is 31.2 Å². The Morgan fingerprint density at radius 3 is 1.84 bits per heavy atom. The lowest BCUT2D eigenvalue weighted by Crippen LogP contribution is -2.15. The molecule has 0 aromatic heterocycles. The number of hydrogen-bond acceptors (Lipinski definition) is 2. The summed E-state index contributed by atoms with van der Waals surface area (Å²) < 4.78 is 5.64. The summed E-state index contributed by atoms with van der Waals surface area (Å²) in [7, 11) is 0. The van der Waals surface area contributed by atoms with Crippen molar-refractivity contribution in [2.24, 2.45) is 0 Å². The molecule has 2 aromatic carbocycles. The predicted molar refractivity (Wildman–Crippen MR) is 133 cm³/mol. The average molecular weight is 423 g/mol. The molecule has 2 rings (SSSR count). The second-order valence-corrected chi connectivity index (χ2v) is 8.86. The molecule has 0 saturated carbocycles. The fourth-order valence-electron chi connectivity index (χ4n) is 3.94. The van der Waals surface area contributed by atoms with Gasteiger partial charge in [-0.25, -0.2) is 4.79 Å². The van der Waals surface area contributed by atoms with Crippen LogP contribution in [-0.4, -0.2) is 12.1 Å². The zero-order valence-corrected chi connectivity index (χ0v) is 20.0. The van der Waals surface area contributed by atoms with Gasteiger partial charge in [0.15, 0.2) is 0 Å². The van der Waals surface area contributed by atoms with Gasteiger partial charge in [0.05, 0.1) is 11.7 Å². The fraction of sp³-hybridized carbons (Fsp3) is 0.552. The maximum Gasteiger partial charge on any atom is 0.338 e. The quantitative estimate of drug-likeness (QED) is 0.212. The second-order valence-electron chi connectivity index (χ2n) is 8.86. The normalized spacial score (nSPS) is 12.0. The van der Waals surface area contributed by atoms with Gasteiger partial charge < -0.3 is 4.74 Å². The van der Waals surface area contributed by atoms with Crippen LogP contribution in [0.25, 0.3) is 11.1 Å². The van der Waals surface area contributed by atoms with Crippen LogP contribution in [-0.2, 0) is 11.2 Å². The van der Waals surface area contributed by atoms with E-state index in [2.05, 4.69) is 38.1 Å². The highest BCUT2D eigenvalue weighted by molar-refractivity contribution is 5.90. The Morgan fingerprint density at radius 1 is 0.710 bits per heavy atom. The number of benzene rings is 2. The maximum atomic E-state index is 12.4. The number of hydrogen-bond donors (Lipinski definition) is 0. The molecule has 0 bridgehead atoms. The van der Waals surface area contributed by atoms with E-state index in [4.69, 9.17) is 4.74 Å². The first-order valence-corrected chi connectivity index (χ1v) is 12.5. The topological polar surface area (TPSA) is 26.3 Å². The summed E-state index contributed by atoms with van der Waals surface area (Å²) in [6, 6.07) is 16.6. The Bertz CT molecular complexity index is 730. The van der Waals surface area contributed by atoms with Gasteiger partial charge in [-0.15, -0.1) is 0 Å². The molecule has 0 fully saturated rings. The van der Waals surface area contributed by atoms with Crippen molar-refractivity contribution in [2.45, 2.75) is 104 Å². The summed E-state index contributed by atoms with van der Waals surface area (Å²) in [4.78, 5) is 12.4. The number of aryl methyl sites for hydroxylation is 1. The van der Waals surface area contributed by atoms with Crippen molar-refractivity contribution in [3.8, 4) is 11.1 Å². The van der Waals surface area contributed by atoms with Gasteiger partial charge in [0.2, 0.25) is 0 Å². The molecule has 0 N–H and O–H groups in total. The SMILES string of the molecule is CCCCCCCCC(C)OC(=O)c1ccc(-c2ccc(CCCCCC)cc2)cc1. The largest absolute Gasteiger partial charge is 0.459 e. The zero-order chi connectivity index (χ0) is 22.3. The molecule has 0 amide bonds. The van der Waals surface area contributed by atoms with E-state index in [0.717, 1.165) is 24.8 Å². The molecule has 31 heavy (non-hydrogen) atoms. The van der Waals surface area contributed by atoms with Gasteiger partial charge in [0.1, 0.15) is 0 Å². The van der Waals surface area contributed by atoms with Crippen LogP contribution in [0.5, 0.6) is 0 Å². The van der Waals surface area contributed by atoms with Gasteiger partial charge in [0.25, 0.3) is 0 Å². The van der Waals surface area contributed by atoms with Crippen molar-refractivity contribution in [3.63, 3.8) is 0 Å². The Labute approximate surface area is 190 Å². The molecule has 0 aliphatic carbocycles. The molecule has 1 unspecified atom stereocenters. The smallest absolute Gasteiger partial charge is 0.338 e. The van der Waals surface area contributed by atoms with Crippen LogP contribution < -0.4 is 0 Å². The molecule has 2 heteroatoms. The average Bonchev–Trinajstić information content (AvgIpc) is 2.79. The molecular formula is C29H42O2. The monoisotopic (exact) mass is 422 g/mol. The lowest BCUT2D eigenvalue weighted by atomic mass is 10.0. The molecule has 2 nitrogen and oxygen atoms in total. The lowest BCUT2D eigenvalue weighted by Gasteiger charge is -2.13. The Hall–Kier alpha value is -2.09. The van der Waals surface area contributed by atoms with E-state index in [1.54, 1.807) is 0 Å². The van der Waals surface area contributed by atoms with Crippen molar-refractivity contribution >= 4 is 5.97 Å². The maximum absolute atomic E-state index is 12.4. The fourth-order valence-corrected chi connectivity index (χ4v) is 3.94. The first-order chi connectivity index (χ1) is 15.1. The molecule has 0 saturated heterocycles. The second kappa shape index (κ2) is 14.8. The van der Waals surface area contributed by atoms with Crippen LogP contribution in [0.2, 0.25) is 0 Å². The van der Waals surface area contributed by atoms with Gasteiger partial charge in [-0.3, -0.25) is 0 Å². The highest BCUT2D eigenvalue weighted by Crippen LogP contribution is 2.22. The molecule has 0 spiro atoms. The van der Waals surface area contributed by atoms with Gasteiger partial charge in [-0.05, 0) is 61.4 Å². The Balaban J connectivity index is 1.78. The summed E-state index contributed by atoms with van der Waals surface area (Å²) in [5.74, 6) is -0.215. The van der Waals surface area contributed by atoms with Crippen LogP contribution in [0.4, 0.5) is 0 Å². The van der Waals surface area contributed by atoms with Crippen LogP contribution >= 0.6 is 0 Å². The first-order valence-electron chi connectivity index (χ1n) is 12.5. The summed E-state index contributed by atoms with van der Waals surface area (Å²) in [6.45, 7) is 6.49. The van der Waals surface area contributed by atoms with Crippen LogP contribution in [0.15, 0.2) is 48.5 Å². The number of esters is 1. The molecule has 0 heterocycles. The highest BCUT2D eigenvalue weighted by Gasteiger charge is 2.12. The van der Waals surface area contributed by atoms with Gasteiger partial charge >= 0.3 is 5.97 Å². The minimum atomic E-state index is -0.215. The summed E-state index contributed by atoms with van der Waals surface area (Å²) >= 11 is 0. The molecule has 0 radical (unpaired) electrons. The Kier molecular flexibility index (Phi) is 12.0. The van der Waals surface area contributed by atoms with E-state index in [9.17, 15) is 4.79 Å². The summed E-state index contributed by atoms with van der Waals surface area (Å²) in [6.07, 6.45) is 14.8. The van der Waals surface area contributed by atoms with Crippen molar-refractivity contribution in [1.82, 2.24) is 0 Å². The van der Waals surface area contributed by atoms with Crippen molar-refractivity contribution in [3.05, 3.63) is 59.7 Å². The third kappa shape index (κ3) is 9.72. The highest BCUT2D eigenvalue weighted by atomic mass is 16.5. The van der Waals surface area contributed by atoms with Crippen molar-refractivity contribution in [1.29, 1.82) is 0 Å². The predicted octanol–water partition coefficient (Wildman–Crippen LogP) is 8.77. The third-order valence-corrected chi connectivity index (χ3v) is 6.00. The Morgan fingerprint density at radius 2 is 1.23 bits per heavy atom. The number of rotatable bonds is 15. The number of carbonyl (C=O) groups is 1. The van der Waals surface area contributed by atoms with Crippen LogP contribution in [0, 0.1) is 0 Å². The van der Waals surface area contributed by atoms with E-state index in [1.165, 1.54) is 68.9 Å². The molecule has 0 aliphatic rings. The van der Waals surface area contributed by atoms with E-state index < -0.39 is 0 Å². The first kappa shape index (κ1) is 25.2. The van der Waals surface area contributed by atoms with Crippen molar-refractivity contribution < 1.29 is 9.53 Å². The van der Waals surface area contributed by atoms with Gasteiger partial charge in [0, 0.05) is 0 Å². The minimum absolute atomic E-state index is 0.0248. The van der Waals surface area contributed by atoms with E-state index >= 15 is 0 Å². The number of unbranched alkanes of at least 4 members (excludes halogenated alkanes) is 8. The summed E-state index contributed by atoms with van der Waals surface area (Å²) in [5, 5.41) is 0. The van der Waals surface area contributed by atoms with Gasteiger partial charge in [-0.1, -0.05) is 102 Å². The lowest BCUT2D eigenvalue weighted by molar-refractivity contribution is 0.0319. The van der Waals surface area contributed by atoms with Gasteiger partial charge in [-0.2, -0.15) is 0 Å². The van der Waals surface area contributed by atoms with E-state index in [0.29, 0.717) is 5.56 Å². The van der Waals surface area contributed by atoms with E-state index in [-0.39, 0.29) is 12.1 Å².